The minimum absolute atomic E-state index is 0.0337. The van der Waals surface area contributed by atoms with E-state index in [4.69, 9.17) is 4.98 Å². The van der Waals surface area contributed by atoms with Crippen molar-refractivity contribution >= 4 is 16.9 Å². The molecular weight excluding hydrogens is 456 g/mol. The summed E-state index contributed by atoms with van der Waals surface area (Å²) in [6.07, 6.45) is 22.9. The molecule has 0 fully saturated rings. The molecule has 0 spiro atoms. The van der Waals surface area contributed by atoms with E-state index >= 15 is 0 Å². The molecule has 5 nitrogen and oxygen atoms in total. The standard InChI is InChI=1S/C32H56N4O/c1-5-6-7-8-9-10-11-12-13-14-15-16-17-18-19-22-28-36-30-25-21-20-24-29(30)33-31(36)32(37)35(4)27-23-26-34(2)3/h20-21,24-25H,5-19,22-23,26-28H2,1-4H3. The summed E-state index contributed by atoms with van der Waals surface area (Å²) in [4.78, 5) is 21.9. The van der Waals surface area contributed by atoms with Crippen molar-refractivity contribution in [3.8, 4) is 0 Å². The number of hydrogen-bond acceptors (Lipinski definition) is 3. The molecule has 1 amide bonds. The van der Waals surface area contributed by atoms with Crippen molar-refractivity contribution in [1.29, 1.82) is 0 Å². The minimum atomic E-state index is 0.0337. The van der Waals surface area contributed by atoms with Gasteiger partial charge < -0.3 is 14.4 Å². The third kappa shape index (κ3) is 12.5. The fourth-order valence-corrected chi connectivity index (χ4v) is 5.18. The SMILES string of the molecule is CCCCCCCCCCCCCCCCCCn1c(C(=O)N(C)CCCN(C)C)nc2ccccc21. The van der Waals surface area contributed by atoms with E-state index in [0.29, 0.717) is 5.82 Å². The first-order valence-electron chi connectivity index (χ1n) is 15.4. The number of carbonyl (C=O) groups is 1. The van der Waals surface area contributed by atoms with Crippen LogP contribution in [0.15, 0.2) is 24.3 Å². The van der Waals surface area contributed by atoms with Gasteiger partial charge >= 0.3 is 0 Å². The number of hydrogen-bond donors (Lipinski definition) is 0. The van der Waals surface area contributed by atoms with E-state index in [-0.39, 0.29) is 5.91 Å². The van der Waals surface area contributed by atoms with Gasteiger partial charge in [-0.25, -0.2) is 4.98 Å². The summed E-state index contributed by atoms with van der Waals surface area (Å²) >= 11 is 0. The highest BCUT2D eigenvalue weighted by molar-refractivity contribution is 5.94. The van der Waals surface area contributed by atoms with Crippen LogP contribution < -0.4 is 0 Å². The Morgan fingerprint density at radius 1 is 0.703 bits per heavy atom. The number of para-hydroxylation sites is 2. The zero-order valence-corrected chi connectivity index (χ0v) is 24.6. The molecule has 37 heavy (non-hydrogen) atoms. The molecule has 0 radical (unpaired) electrons. The second kappa shape index (κ2) is 19.2. The van der Waals surface area contributed by atoms with Crippen LogP contribution in [-0.4, -0.2) is 59.5 Å². The van der Waals surface area contributed by atoms with Gasteiger partial charge in [0.15, 0.2) is 5.82 Å². The number of fused-ring (bicyclic) bond motifs is 1. The lowest BCUT2D eigenvalue weighted by molar-refractivity contribution is 0.0774. The fraction of sp³-hybridized carbons (Fsp3) is 0.750. The number of aryl methyl sites for hydroxylation is 1. The average Bonchev–Trinajstić information content (AvgIpc) is 3.26. The van der Waals surface area contributed by atoms with Gasteiger partial charge in [0, 0.05) is 20.1 Å². The molecule has 0 bridgehead atoms. The van der Waals surface area contributed by atoms with Crippen LogP contribution in [0.1, 0.15) is 127 Å². The quantitative estimate of drug-likeness (QED) is 0.149. The van der Waals surface area contributed by atoms with Crippen LogP contribution in [0.4, 0.5) is 0 Å². The number of aromatic nitrogens is 2. The molecule has 1 aromatic heterocycles. The van der Waals surface area contributed by atoms with Crippen molar-refractivity contribution in [1.82, 2.24) is 19.4 Å². The summed E-state index contributed by atoms with van der Waals surface area (Å²) in [5.41, 5.74) is 2.00. The van der Waals surface area contributed by atoms with Crippen LogP contribution in [0.25, 0.3) is 11.0 Å². The molecule has 0 saturated carbocycles. The minimum Gasteiger partial charge on any atom is -0.339 e. The molecule has 210 valence electrons. The summed E-state index contributed by atoms with van der Waals surface area (Å²) in [5, 5.41) is 0. The second-order valence-corrected chi connectivity index (χ2v) is 11.3. The molecule has 0 aliphatic rings. The lowest BCUT2D eigenvalue weighted by atomic mass is 10.0. The van der Waals surface area contributed by atoms with Crippen LogP contribution in [0.5, 0.6) is 0 Å². The molecule has 1 aromatic carbocycles. The number of imidazole rings is 1. The molecule has 0 N–H and O–H groups in total. The van der Waals surface area contributed by atoms with E-state index in [2.05, 4.69) is 36.6 Å². The topological polar surface area (TPSA) is 41.4 Å². The van der Waals surface area contributed by atoms with E-state index < -0.39 is 0 Å². The molecule has 0 atom stereocenters. The van der Waals surface area contributed by atoms with Crippen molar-refractivity contribution in [2.45, 2.75) is 123 Å². The van der Waals surface area contributed by atoms with Crippen molar-refractivity contribution in [2.24, 2.45) is 0 Å². The Bertz CT molecular complexity index is 860. The maximum absolute atomic E-state index is 13.2. The van der Waals surface area contributed by atoms with Crippen molar-refractivity contribution in [2.75, 3.05) is 34.2 Å². The molecule has 1 heterocycles. The van der Waals surface area contributed by atoms with Gasteiger partial charge in [0.25, 0.3) is 5.91 Å². The summed E-state index contributed by atoms with van der Waals surface area (Å²) in [6.45, 7) is 4.88. The van der Waals surface area contributed by atoms with Gasteiger partial charge in [-0.15, -0.1) is 0 Å². The van der Waals surface area contributed by atoms with Crippen molar-refractivity contribution in [3.63, 3.8) is 0 Å². The number of carbonyl (C=O) groups excluding carboxylic acids is 1. The smallest absolute Gasteiger partial charge is 0.289 e. The van der Waals surface area contributed by atoms with Gasteiger partial charge in [0.1, 0.15) is 0 Å². The summed E-state index contributed by atoms with van der Waals surface area (Å²) in [7, 11) is 6.04. The van der Waals surface area contributed by atoms with Crippen molar-refractivity contribution in [3.05, 3.63) is 30.1 Å². The van der Waals surface area contributed by atoms with Crippen LogP contribution in [0.3, 0.4) is 0 Å². The fourth-order valence-electron chi connectivity index (χ4n) is 5.18. The molecule has 0 aliphatic carbocycles. The van der Waals surface area contributed by atoms with Gasteiger partial charge in [-0.1, -0.05) is 115 Å². The molecule has 2 aromatic rings. The van der Waals surface area contributed by atoms with Crippen LogP contribution in [-0.2, 0) is 6.54 Å². The Morgan fingerprint density at radius 2 is 1.22 bits per heavy atom. The molecule has 0 aliphatic heterocycles. The number of unbranched alkanes of at least 4 members (excludes halogenated alkanes) is 15. The molecule has 5 heteroatoms. The Labute approximate surface area is 228 Å². The molecule has 0 saturated heterocycles. The maximum atomic E-state index is 13.2. The lowest BCUT2D eigenvalue weighted by Crippen LogP contribution is -2.31. The van der Waals surface area contributed by atoms with Crippen LogP contribution in [0, 0.1) is 0 Å². The van der Waals surface area contributed by atoms with E-state index in [1.165, 1.54) is 96.3 Å². The summed E-state index contributed by atoms with van der Waals surface area (Å²) < 4.78 is 2.16. The number of amides is 1. The Balaban J connectivity index is 1.63. The van der Waals surface area contributed by atoms with Crippen LogP contribution >= 0.6 is 0 Å². The summed E-state index contributed by atoms with van der Waals surface area (Å²) in [5.74, 6) is 0.626. The maximum Gasteiger partial charge on any atom is 0.289 e. The molecule has 0 unspecified atom stereocenters. The van der Waals surface area contributed by atoms with Gasteiger partial charge in [-0.05, 0) is 45.6 Å². The summed E-state index contributed by atoms with van der Waals surface area (Å²) in [6, 6.07) is 8.16. The number of nitrogens with zero attached hydrogens (tertiary/aromatic N) is 4. The second-order valence-electron chi connectivity index (χ2n) is 11.3. The van der Waals surface area contributed by atoms with Crippen molar-refractivity contribution < 1.29 is 4.79 Å². The first-order chi connectivity index (χ1) is 18.0. The number of rotatable bonds is 22. The van der Waals surface area contributed by atoms with Crippen LogP contribution in [0.2, 0.25) is 0 Å². The predicted molar refractivity (Wildman–Crippen MR) is 159 cm³/mol. The highest BCUT2D eigenvalue weighted by Gasteiger charge is 2.20. The van der Waals surface area contributed by atoms with E-state index in [0.717, 1.165) is 43.5 Å². The van der Waals surface area contributed by atoms with Gasteiger partial charge in [0.05, 0.1) is 11.0 Å². The largest absolute Gasteiger partial charge is 0.339 e. The van der Waals surface area contributed by atoms with Gasteiger partial charge in [-0.2, -0.15) is 0 Å². The zero-order chi connectivity index (χ0) is 26.7. The first-order valence-corrected chi connectivity index (χ1v) is 15.4. The zero-order valence-electron chi connectivity index (χ0n) is 24.6. The van der Waals surface area contributed by atoms with E-state index in [1.807, 2.05) is 30.1 Å². The highest BCUT2D eigenvalue weighted by Crippen LogP contribution is 2.19. The Kier molecular flexibility index (Phi) is 16.3. The average molecular weight is 513 g/mol. The lowest BCUT2D eigenvalue weighted by Gasteiger charge is -2.19. The monoisotopic (exact) mass is 512 g/mol. The van der Waals surface area contributed by atoms with E-state index in [9.17, 15) is 4.79 Å². The Morgan fingerprint density at radius 3 is 1.76 bits per heavy atom. The van der Waals surface area contributed by atoms with Gasteiger partial charge in [-0.3, -0.25) is 4.79 Å². The third-order valence-electron chi connectivity index (χ3n) is 7.53. The highest BCUT2D eigenvalue weighted by atomic mass is 16.2. The normalized spacial score (nSPS) is 11.6. The third-order valence-corrected chi connectivity index (χ3v) is 7.53. The molecule has 2 rings (SSSR count). The Hall–Kier alpha value is -1.88. The van der Waals surface area contributed by atoms with Gasteiger partial charge in [0.2, 0.25) is 0 Å². The number of benzene rings is 1. The molecular formula is C32H56N4O. The first kappa shape index (κ1) is 31.3. The predicted octanol–water partition coefficient (Wildman–Crippen LogP) is 8.32. The van der Waals surface area contributed by atoms with E-state index in [1.54, 1.807) is 0 Å².